The van der Waals surface area contributed by atoms with E-state index in [-0.39, 0.29) is 23.8 Å². The first kappa shape index (κ1) is 16.8. The molecule has 4 rings (SSSR count). The van der Waals surface area contributed by atoms with Crippen LogP contribution in [0.2, 0.25) is 0 Å². The van der Waals surface area contributed by atoms with Crippen LogP contribution in [0, 0.1) is 5.41 Å². The van der Waals surface area contributed by atoms with Crippen LogP contribution < -0.4 is 4.90 Å². The van der Waals surface area contributed by atoms with Crippen LogP contribution in [0.5, 0.6) is 0 Å². The lowest BCUT2D eigenvalue weighted by molar-refractivity contribution is -0.122. The van der Waals surface area contributed by atoms with Gasteiger partial charge in [0.1, 0.15) is 6.61 Å². The van der Waals surface area contributed by atoms with Crippen molar-refractivity contribution in [3.05, 3.63) is 48.3 Å². The van der Waals surface area contributed by atoms with Crippen LogP contribution in [0.25, 0.3) is 0 Å². The summed E-state index contributed by atoms with van der Waals surface area (Å²) in [6.07, 6.45) is 4.14. The van der Waals surface area contributed by atoms with Gasteiger partial charge in [-0.1, -0.05) is 18.2 Å². The van der Waals surface area contributed by atoms with Gasteiger partial charge in [-0.05, 0) is 18.6 Å². The van der Waals surface area contributed by atoms with Gasteiger partial charge in [-0.3, -0.25) is 14.3 Å². The summed E-state index contributed by atoms with van der Waals surface area (Å²) in [7, 11) is 1.80. The molecule has 1 aromatic heterocycles. The minimum Gasteiger partial charge on any atom is -0.371 e. The van der Waals surface area contributed by atoms with Crippen LogP contribution in [-0.2, 0) is 16.6 Å². The molecule has 0 bridgehead atoms. The SMILES string of the molecule is Cn1cc(C(=O)N2CCC3(COCC(=O)N(c4ccccc4)C3)C2)cn1. The second kappa shape index (κ2) is 6.57. The van der Waals surface area contributed by atoms with Crippen LogP contribution in [0.1, 0.15) is 16.8 Å². The molecule has 1 aromatic carbocycles. The zero-order valence-electron chi connectivity index (χ0n) is 14.8. The lowest BCUT2D eigenvalue weighted by Gasteiger charge is -2.31. The van der Waals surface area contributed by atoms with Crippen molar-refractivity contribution in [3.8, 4) is 0 Å². The molecule has 3 heterocycles. The quantitative estimate of drug-likeness (QED) is 0.816. The van der Waals surface area contributed by atoms with Gasteiger partial charge < -0.3 is 14.5 Å². The third-order valence-electron chi connectivity index (χ3n) is 5.17. The maximum atomic E-state index is 12.7. The molecule has 2 aliphatic heterocycles. The zero-order valence-corrected chi connectivity index (χ0v) is 14.8. The number of amides is 2. The molecule has 7 heteroatoms. The predicted octanol–water partition coefficient (Wildman–Crippen LogP) is 1.32. The summed E-state index contributed by atoms with van der Waals surface area (Å²) in [6, 6.07) is 9.65. The van der Waals surface area contributed by atoms with Crippen molar-refractivity contribution < 1.29 is 14.3 Å². The number of carbonyl (C=O) groups excluding carboxylic acids is 2. The Labute approximate surface area is 152 Å². The molecule has 136 valence electrons. The molecule has 1 unspecified atom stereocenters. The number of hydrogen-bond donors (Lipinski definition) is 0. The number of benzene rings is 1. The summed E-state index contributed by atoms with van der Waals surface area (Å²) in [5, 5.41) is 4.08. The van der Waals surface area contributed by atoms with E-state index in [4.69, 9.17) is 4.74 Å². The Morgan fingerprint density at radius 3 is 2.77 bits per heavy atom. The largest absolute Gasteiger partial charge is 0.371 e. The number of rotatable bonds is 2. The highest BCUT2D eigenvalue weighted by molar-refractivity contribution is 5.95. The van der Waals surface area contributed by atoms with Crippen LogP contribution in [0.4, 0.5) is 5.69 Å². The predicted molar refractivity (Wildman–Crippen MR) is 95.8 cm³/mol. The number of ether oxygens (including phenoxy) is 1. The third kappa shape index (κ3) is 3.10. The van der Waals surface area contributed by atoms with Gasteiger partial charge in [-0.25, -0.2) is 0 Å². The standard InChI is InChI=1S/C19H22N4O3/c1-21-10-15(9-20-21)18(25)22-8-7-19(12-22)13-23(17(24)11-26-14-19)16-5-3-2-4-6-16/h2-6,9-10H,7-8,11-14H2,1H3. The number of carbonyl (C=O) groups is 2. The van der Waals surface area contributed by atoms with Gasteiger partial charge in [0, 0.05) is 44.0 Å². The normalized spacial score (nSPS) is 23.5. The highest BCUT2D eigenvalue weighted by Crippen LogP contribution is 2.35. The van der Waals surface area contributed by atoms with Gasteiger partial charge in [0.05, 0.1) is 18.4 Å². The number of anilines is 1. The Kier molecular flexibility index (Phi) is 4.24. The highest BCUT2D eigenvalue weighted by atomic mass is 16.5. The van der Waals surface area contributed by atoms with Crippen molar-refractivity contribution in [1.82, 2.24) is 14.7 Å². The summed E-state index contributed by atoms with van der Waals surface area (Å²) >= 11 is 0. The number of para-hydroxylation sites is 1. The highest BCUT2D eigenvalue weighted by Gasteiger charge is 2.44. The van der Waals surface area contributed by atoms with Crippen LogP contribution >= 0.6 is 0 Å². The van der Waals surface area contributed by atoms with Gasteiger partial charge in [-0.2, -0.15) is 5.10 Å². The summed E-state index contributed by atoms with van der Waals surface area (Å²) in [5.41, 5.74) is 1.23. The second-order valence-corrected chi connectivity index (χ2v) is 7.19. The molecule has 0 N–H and O–H groups in total. The van der Waals surface area contributed by atoms with Gasteiger partial charge in [0.25, 0.3) is 11.8 Å². The van der Waals surface area contributed by atoms with E-state index in [1.54, 1.807) is 29.0 Å². The Morgan fingerprint density at radius 2 is 2.04 bits per heavy atom. The van der Waals surface area contributed by atoms with Gasteiger partial charge in [0.15, 0.2) is 0 Å². The summed E-state index contributed by atoms with van der Waals surface area (Å²) < 4.78 is 7.32. The van der Waals surface area contributed by atoms with Crippen LogP contribution in [0.3, 0.4) is 0 Å². The van der Waals surface area contributed by atoms with Gasteiger partial charge in [-0.15, -0.1) is 0 Å². The van der Waals surface area contributed by atoms with Gasteiger partial charge >= 0.3 is 0 Å². The first-order valence-corrected chi connectivity index (χ1v) is 8.77. The first-order valence-electron chi connectivity index (χ1n) is 8.77. The number of likely N-dealkylation sites (tertiary alicyclic amines) is 1. The average Bonchev–Trinajstić information content (AvgIpc) is 3.22. The second-order valence-electron chi connectivity index (χ2n) is 7.19. The zero-order chi connectivity index (χ0) is 18.1. The van der Waals surface area contributed by atoms with E-state index < -0.39 is 0 Å². The summed E-state index contributed by atoms with van der Waals surface area (Å²) in [4.78, 5) is 28.9. The number of aryl methyl sites for hydroxylation is 1. The lowest BCUT2D eigenvalue weighted by Crippen LogP contribution is -2.43. The average molecular weight is 354 g/mol. The smallest absolute Gasteiger partial charge is 0.257 e. The van der Waals surface area contributed by atoms with Crippen LogP contribution in [-0.4, -0.2) is 59.3 Å². The van der Waals surface area contributed by atoms with Crippen molar-refractivity contribution in [2.75, 3.05) is 37.7 Å². The molecular weight excluding hydrogens is 332 g/mol. The summed E-state index contributed by atoms with van der Waals surface area (Å²) in [6.45, 7) is 2.37. The third-order valence-corrected chi connectivity index (χ3v) is 5.17. The van der Waals surface area contributed by atoms with E-state index in [9.17, 15) is 9.59 Å². The molecule has 1 spiro atoms. The summed E-state index contributed by atoms with van der Waals surface area (Å²) in [5.74, 6) is -0.0538. The number of nitrogens with zero attached hydrogens (tertiary/aromatic N) is 4. The Morgan fingerprint density at radius 1 is 1.23 bits per heavy atom. The van der Waals surface area contributed by atoms with Crippen molar-refractivity contribution in [1.29, 1.82) is 0 Å². The molecule has 2 saturated heterocycles. The first-order chi connectivity index (χ1) is 12.6. The van der Waals surface area contributed by atoms with E-state index in [1.807, 2.05) is 35.2 Å². The van der Waals surface area contributed by atoms with Crippen molar-refractivity contribution in [3.63, 3.8) is 0 Å². The molecule has 0 saturated carbocycles. The topological polar surface area (TPSA) is 67.7 Å². The fourth-order valence-electron chi connectivity index (χ4n) is 3.81. The van der Waals surface area contributed by atoms with Crippen molar-refractivity contribution in [2.45, 2.75) is 6.42 Å². The van der Waals surface area contributed by atoms with Crippen molar-refractivity contribution in [2.24, 2.45) is 12.5 Å². The Balaban J connectivity index is 1.54. The fraction of sp³-hybridized carbons (Fsp3) is 0.421. The minimum absolute atomic E-state index is 0.0168. The monoisotopic (exact) mass is 354 g/mol. The molecule has 2 aliphatic rings. The van der Waals surface area contributed by atoms with Crippen molar-refractivity contribution >= 4 is 17.5 Å². The molecule has 0 radical (unpaired) electrons. The molecule has 1 atom stereocenters. The van der Waals surface area contributed by atoms with E-state index in [2.05, 4.69) is 5.10 Å². The van der Waals surface area contributed by atoms with E-state index in [0.717, 1.165) is 12.1 Å². The molecule has 2 aromatic rings. The number of aromatic nitrogens is 2. The van der Waals surface area contributed by atoms with Gasteiger partial charge in [0.2, 0.25) is 0 Å². The number of hydrogen-bond acceptors (Lipinski definition) is 4. The van der Waals surface area contributed by atoms with E-state index >= 15 is 0 Å². The maximum absolute atomic E-state index is 12.7. The fourth-order valence-corrected chi connectivity index (χ4v) is 3.81. The van der Waals surface area contributed by atoms with E-state index in [1.165, 1.54) is 0 Å². The minimum atomic E-state index is -0.236. The molecular formula is C19H22N4O3. The molecule has 7 nitrogen and oxygen atoms in total. The molecule has 26 heavy (non-hydrogen) atoms. The molecule has 0 aliphatic carbocycles. The van der Waals surface area contributed by atoms with E-state index in [0.29, 0.717) is 31.8 Å². The lowest BCUT2D eigenvalue weighted by atomic mass is 9.87. The van der Waals surface area contributed by atoms with Crippen LogP contribution in [0.15, 0.2) is 42.7 Å². The molecule has 2 amide bonds. The maximum Gasteiger partial charge on any atom is 0.257 e. The Bertz CT molecular complexity index is 819. The Hall–Kier alpha value is -2.67. The molecule has 2 fully saturated rings.